The number of hydrogen-bond donors (Lipinski definition) is 1. The van der Waals surface area contributed by atoms with Crippen molar-refractivity contribution in [2.45, 2.75) is 32.2 Å². The van der Waals surface area contributed by atoms with Crippen molar-refractivity contribution in [1.29, 1.82) is 0 Å². The summed E-state index contributed by atoms with van der Waals surface area (Å²) < 4.78 is 0. The molecular weight excluding hydrogens is 572 g/mol. The zero-order chi connectivity index (χ0) is 30.3. The Labute approximate surface area is 258 Å². The molecule has 0 bridgehead atoms. The summed E-state index contributed by atoms with van der Waals surface area (Å²) in [6.45, 7) is 2.08. The minimum atomic E-state index is -1.20. The van der Waals surface area contributed by atoms with Crippen molar-refractivity contribution >= 4 is 51.4 Å². The molecule has 44 heavy (non-hydrogen) atoms. The maximum atomic E-state index is 14.5. The van der Waals surface area contributed by atoms with Crippen molar-refractivity contribution in [2.24, 2.45) is 29.1 Å². The summed E-state index contributed by atoms with van der Waals surface area (Å²) in [5, 5.41) is 15.2. The van der Waals surface area contributed by atoms with Crippen LogP contribution in [0.25, 0.3) is 10.8 Å². The smallest absolute Gasteiger partial charge is 0.241 e. The van der Waals surface area contributed by atoms with Gasteiger partial charge in [0.2, 0.25) is 23.6 Å². The number of anilines is 1. The van der Waals surface area contributed by atoms with Gasteiger partial charge in [-0.2, -0.15) is 0 Å². The SMILES string of the molecule is C[C@@]12C(=O)N(c3ccccc3)C(=O)[C@@H]1C[C@@H]1C(=CC[C@@H]3C(=O)N(Cc4cccs4)C(=O)[C@@H]31)[C@@H]2c1ccc2ccccc2c1O. The molecule has 0 spiro atoms. The van der Waals surface area contributed by atoms with Crippen LogP contribution in [-0.4, -0.2) is 33.6 Å². The Balaban J connectivity index is 1.29. The summed E-state index contributed by atoms with van der Waals surface area (Å²) in [6, 6.07) is 24.1. The number of para-hydroxylation sites is 1. The van der Waals surface area contributed by atoms with Gasteiger partial charge in [-0.1, -0.05) is 72.3 Å². The second kappa shape index (κ2) is 9.72. The Kier molecular flexibility index (Phi) is 5.97. The fourth-order valence-electron chi connectivity index (χ4n) is 8.47. The number of aromatic hydroxyl groups is 1. The first kappa shape index (κ1) is 27.0. The van der Waals surface area contributed by atoms with Crippen molar-refractivity contribution in [3.05, 3.63) is 106 Å². The molecule has 1 N–H and O–H groups in total. The molecule has 4 amide bonds. The standard InChI is InChI=1S/C36H30N2O5S/c1-36-28(33(41)38(35(36)43)21-9-3-2-4-10-21)18-27-24(30(36)26-14-13-20-8-5-6-12-23(20)31(26)39)15-16-25-29(27)34(42)37(32(25)40)19-22-11-7-17-44-22/h2-15,17,25,27-30,39H,16,18-19H2,1H3/t25-,27+,28-,29-,30+,36+/m0/s1. The molecule has 3 fully saturated rings. The maximum absolute atomic E-state index is 14.5. The second-order valence-electron chi connectivity index (χ2n) is 12.6. The van der Waals surface area contributed by atoms with Gasteiger partial charge in [-0.25, -0.2) is 4.90 Å². The number of carbonyl (C=O) groups excluding carboxylic acids is 4. The number of carbonyl (C=O) groups is 4. The Hall–Kier alpha value is -4.56. The summed E-state index contributed by atoms with van der Waals surface area (Å²) in [5.74, 6) is -3.88. The Bertz CT molecular complexity index is 1900. The zero-order valence-corrected chi connectivity index (χ0v) is 24.9. The molecule has 4 aliphatic rings. The van der Waals surface area contributed by atoms with Crippen LogP contribution in [0.1, 0.15) is 36.1 Å². The number of phenolic OH excluding ortho intramolecular Hbond substituents is 1. The van der Waals surface area contributed by atoms with E-state index in [2.05, 4.69) is 0 Å². The van der Waals surface area contributed by atoms with Gasteiger partial charge in [0, 0.05) is 21.7 Å². The van der Waals surface area contributed by atoms with Crippen LogP contribution >= 0.6 is 11.3 Å². The molecule has 8 heteroatoms. The van der Waals surface area contributed by atoms with Crippen molar-refractivity contribution in [3.63, 3.8) is 0 Å². The Morgan fingerprint density at radius 2 is 1.64 bits per heavy atom. The molecule has 0 unspecified atom stereocenters. The van der Waals surface area contributed by atoms with Crippen LogP contribution in [-0.2, 0) is 25.7 Å². The van der Waals surface area contributed by atoms with Gasteiger partial charge in [-0.15, -0.1) is 11.3 Å². The first-order valence-electron chi connectivity index (χ1n) is 15.0. The fourth-order valence-corrected chi connectivity index (χ4v) is 9.16. The number of amides is 4. The third-order valence-electron chi connectivity index (χ3n) is 10.5. The summed E-state index contributed by atoms with van der Waals surface area (Å²) in [6.07, 6.45) is 2.68. The molecule has 1 saturated carbocycles. The van der Waals surface area contributed by atoms with Crippen LogP contribution in [0.15, 0.2) is 95.9 Å². The highest BCUT2D eigenvalue weighted by Gasteiger charge is 2.67. The Morgan fingerprint density at radius 1 is 0.864 bits per heavy atom. The Morgan fingerprint density at radius 3 is 2.41 bits per heavy atom. The van der Waals surface area contributed by atoms with Crippen molar-refractivity contribution in [2.75, 3.05) is 4.90 Å². The molecule has 4 aromatic rings. The predicted molar refractivity (Wildman–Crippen MR) is 167 cm³/mol. The second-order valence-corrected chi connectivity index (χ2v) is 13.6. The van der Waals surface area contributed by atoms with E-state index in [-0.39, 0.29) is 42.3 Å². The minimum Gasteiger partial charge on any atom is -0.507 e. The lowest BCUT2D eigenvalue weighted by atomic mass is 9.51. The number of imide groups is 2. The zero-order valence-electron chi connectivity index (χ0n) is 24.1. The minimum absolute atomic E-state index is 0.0725. The quantitative estimate of drug-likeness (QED) is 0.227. The van der Waals surface area contributed by atoms with E-state index in [1.165, 1.54) is 21.1 Å². The molecule has 1 aromatic heterocycles. The van der Waals surface area contributed by atoms with E-state index in [9.17, 15) is 24.3 Å². The van der Waals surface area contributed by atoms with E-state index in [4.69, 9.17) is 0 Å². The van der Waals surface area contributed by atoms with Crippen LogP contribution in [0, 0.1) is 29.1 Å². The van der Waals surface area contributed by atoms with Crippen LogP contribution in [0.3, 0.4) is 0 Å². The highest BCUT2D eigenvalue weighted by molar-refractivity contribution is 7.09. The number of allylic oxidation sites excluding steroid dienone is 2. The lowest BCUT2D eigenvalue weighted by Gasteiger charge is -2.49. The van der Waals surface area contributed by atoms with Gasteiger partial charge in [0.1, 0.15) is 5.75 Å². The van der Waals surface area contributed by atoms with E-state index in [0.717, 1.165) is 15.8 Å². The van der Waals surface area contributed by atoms with E-state index >= 15 is 0 Å². The molecule has 3 heterocycles. The highest BCUT2D eigenvalue weighted by Crippen LogP contribution is 2.64. The monoisotopic (exact) mass is 602 g/mol. The third kappa shape index (κ3) is 3.60. The predicted octanol–water partition coefficient (Wildman–Crippen LogP) is 6.04. The van der Waals surface area contributed by atoms with Gasteiger partial charge in [0.15, 0.2) is 0 Å². The molecule has 6 atom stereocenters. The molecule has 2 aliphatic heterocycles. The maximum Gasteiger partial charge on any atom is 0.241 e. The average molecular weight is 603 g/mol. The largest absolute Gasteiger partial charge is 0.507 e. The summed E-state index contributed by atoms with van der Waals surface area (Å²) in [7, 11) is 0. The van der Waals surface area contributed by atoms with E-state index in [1.807, 2.05) is 73.0 Å². The topological polar surface area (TPSA) is 95.0 Å². The van der Waals surface area contributed by atoms with Gasteiger partial charge in [0.25, 0.3) is 0 Å². The number of fused-ring (bicyclic) bond motifs is 5. The number of phenols is 1. The van der Waals surface area contributed by atoms with Crippen molar-refractivity contribution < 1.29 is 24.3 Å². The summed E-state index contributed by atoms with van der Waals surface area (Å²) in [4.78, 5) is 60.2. The van der Waals surface area contributed by atoms with E-state index < -0.39 is 35.0 Å². The van der Waals surface area contributed by atoms with Gasteiger partial charge in [-0.05, 0) is 54.6 Å². The summed E-state index contributed by atoms with van der Waals surface area (Å²) >= 11 is 1.51. The van der Waals surface area contributed by atoms with Gasteiger partial charge in [0.05, 0.1) is 35.4 Å². The molecule has 220 valence electrons. The number of benzene rings is 3. The lowest BCUT2D eigenvalue weighted by Crippen LogP contribution is -2.48. The van der Waals surface area contributed by atoms with E-state index in [0.29, 0.717) is 23.1 Å². The first-order valence-corrected chi connectivity index (χ1v) is 15.9. The number of nitrogens with zero attached hydrogens (tertiary/aromatic N) is 2. The highest BCUT2D eigenvalue weighted by atomic mass is 32.1. The van der Waals surface area contributed by atoms with Gasteiger partial charge >= 0.3 is 0 Å². The van der Waals surface area contributed by atoms with Crippen molar-refractivity contribution in [3.8, 4) is 5.75 Å². The molecule has 2 aliphatic carbocycles. The molecule has 2 saturated heterocycles. The fraction of sp³-hybridized carbons (Fsp3) is 0.278. The molecule has 0 radical (unpaired) electrons. The molecule has 8 rings (SSSR count). The van der Waals surface area contributed by atoms with Crippen LogP contribution < -0.4 is 4.90 Å². The average Bonchev–Trinajstić information content (AvgIpc) is 3.69. The van der Waals surface area contributed by atoms with E-state index in [1.54, 1.807) is 24.3 Å². The number of rotatable bonds is 4. The first-order chi connectivity index (χ1) is 21.3. The number of likely N-dealkylation sites (tertiary alicyclic amines) is 1. The lowest BCUT2D eigenvalue weighted by molar-refractivity contribution is -0.141. The summed E-state index contributed by atoms with van der Waals surface area (Å²) in [5.41, 5.74) is 0.730. The normalized spacial score (nSPS) is 29.6. The van der Waals surface area contributed by atoms with Crippen LogP contribution in [0.4, 0.5) is 5.69 Å². The molecule has 3 aromatic carbocycles. The number of hydrogen-bond acceptors (Lipinski definition) is 6. The molecular formula is C36H30N2O5S. The van der Waals surface area contributed by atoms with Crippen LogP contribution in [0.2, 0.25) is 0 Å². The van der Waals surface area contributed by atoms with Crippen LogP contribution in [0.5, 0.6) is 5.75 Å². The van der Waals surface area contributed by atoms with Gasteiger partial charge < -0.3 is 5.11 Å². The molecule has 7 nitrogen and oxygen atoms in total. The van der Waals surface area contributed by atoms with Gasteiger partial charge in [-0.3, -0.25) is 24.1 Å². The van der Waals surface area contributed by atoms with Crippen molar-refractivity contribution in [1.82, 2.24) is 4.90 Å². The third-order valence-corrected chi connectivity index (χ3v) is 11.4. The number of thiophene rings is 1.